The number of non-ortho nitro benzene ring substituents is 2. The van der Waals surface area contributed by atoms with Gasteiger partial charge in [-0.05, 0) is 265 Å². The predicted octanol–water partition coefficient (Wildman–Crippen LogP) is 23.1. The van der Waals surface area contributed by atoms with E-state index in [-0.39, 0.29) is 11.4 Å². The van der Waals surface area contributed by atoms with Crippen molar-refractivity contribution >= 4 is 152 Å². The van der Waals surface area contributed by atoms with Crippen LogP contribution < -0.4 is 30.4 Å². The summed E-state index contributed by atoms with van der Waals surface area (Å²) in [6.45, 7) is 0. The predicted molar refractivity (Wildman–Crippen MR) is 445 cm³/mol. The number of halogens is 2. The van der Waals surface area contributed by atoms with Crippen molar-refractivity contribution in [2.45, 2.75) is 0 Å². The summed E-state index contributed by atoms with van der Waals surface area (Å²) in [4.78, 5) is 55.7. The van der Waals surface area contributed by atoms with E-state index in [4.69, 9.17) is 68.2 Å². The first kappa shape index (κ1) is 71.2. The molecule has 0 fully saturated rings. The fraction of sp³-hybridized carbons (Fsp3) is 0. The second-order valence-electron chi connectivity index (χ2n) is 25.6. The SMILES string of the molecule is Nc1ccc(Oc2ccc(-c3c4nc(cc5ccc([nH]5)c(-c5ccc(Oc6ccc(N)cc6)cc5)c5nc(cc6ccc3[nH]6)C=C5)C=C4)cc2)cc1.O=[N+]([O-])c1ccc(Oc2ccc(-c3c4nc(cc5ccc([nH]5)c(-c5ccc(Oc6ccc([N+](=O)[O-])cc6)cc5)c5nc(cc6ccc3[nH]6)C=C5)C=C4)cc2)cc1.[Cl][Sn][Cl]. The van der Waals surface area contributed by atoms with E-state index in [1.54, 1.807) is 24.3 Å². The summed E-state index contributed by atoms with van der Waals surface area (Å²) in [6, 6.07) is 82.5. The molecular formula is C88H60Cl2N12O8Sn. The average molecular weight is 1600 g/mol. The van der Waals surface area contributed by atoms with Gasteiger partial charge in [-0.15, -0.1) is 0 Å². The van der Waals surface area contributed by atoms with E-state index in [9.17, 15) is 20.2 Å². The summed E-state index contributed by atoms with van der Waals surface area (Å²) in [7, 11) is 9.87. The van der Waals surface area contributed by atoms with Crippen LogP contribution in [0.15, 0.2) is 267 Å². The molecule has 6 aromatic heterocycles. The van der Waals surface area contributed by atoms with Crippen LogP contribution in [-0.4, -0.2) is 68.6 Å². The van der Waals surface area contributed by atoms with Crippen LogP contribution in [-0.2, 0) is 0 Å². The molecule has 0 saturated heterocycles. The fourth-order valence-corrected chi connectivity index (χ4v) is 13.0. The van der Waals surface area contributed by atoms with Gasteiger partial charge >= 0.3 is 36.7 Å². The third-order valence-corrected chi connectivity index (χ3v) is 18.2. The summed E-state index contributed by atoms with van der Waals surface area (Å²) < 4.78 is 24.1. The number of nitrogens with zero attached hydrogens (tertiary/aromatic N) is 6. The van der Waals surface area contributed by atoms with E-state index in [0.29, 0.717) is 34.4 Å². The maximum atomic E-state index is 11.0. The third kappa shape index (κ3) is 16.6. The van der Waals surface area contributed by atoms with E-state index in [1.807, 2.05) is 194 Å². The topological polar surface area (TPSA) is 290 Å². The Kier molecular flexibility index (Phi) is 20.4. The molecule has 16 bridgehead atoms. The third-order valence-electron chi connectivity index (χ3n) is 18.2. The first-order valence-corrected chi connectivity index (χ1v) is 41.9. The monoisotopic (exact) mass is 1600 g/mol. The number of nitro groups is 2. The van der Waals surface area contributed by atoms with Crippen LogP contribution >= 0.6 is 17.8 Å². The van der Waals surface area contributed by atoms with Gasteiger partial charge in [0.2, 0.25) is 0 Å². The molecule has 111 heavy (non-hydrogen) atoms. The second-order valence-corrected chi connectivity index (χ2v) is 29.9. The number of nitrogen functional groups attached to an aromatic ring is 2. The molecule has 23 heteroatoms. The molecule has 2 radical (unpaired) electrons. The second kappa shape index (κ2) is 31.8. The van der Waals surface area contributed by atoms with Crippen LogP contribution in [0.3, 0.4) is 0 Å². The number of aromatic amines is 4. The molecule has 14 aromatic rings. The van der Waals surface area contributed by atoms with E-state index >= 15 is 0 Å². The number of aromatic nitrogens is 8. The molecule has 0 spiro atoms. The molecule has 4 aliphatic rings. The molecular weight excluding hydrogens is 1540 g/mol. The molecule has 20 nitrogen and oxygen atoms in total. The zero-order valence-corrected chi connectivity index (χ0v) is 62.7. The van der Waals surface area contributed by atoms with Gasteiger partial charge in [0.15, 0.2) is 0 Å². The number of nitro benzene ring substituents is 2. The van der Waals surface area contributed by atoms with Crippen LogP contribution in [0.25, 0.3) is 137 Å². The van der Waals surface area contributed by atoms with Crippen molar-refractivity contribution in [3.63, 3.8) is 0 Å². The molecule has 538 valence electrons. The summed E-state index contributed by atoms with van der Waals surface area (Å²) >= 11 is -0.826. The number of hydrogen-bond donors (Lipinski definition) is 6. The number of hydrogen-bond acceptors (Lipinski definition) is 14. The van der Waals surface area contributed by atoms with Crippen molar-refractivity contribution in [2.24, 2.45) is 0 Å². The fourth-order valence-electron chi connectivity index (χ4n) is 13.0. The van der Waals surface area contributed by atoms with Gasteiger partial charge < -0.3 is 50.4 Å². The van der Waals surface area contributed by atoms with Crippen molar-refractivity contribution in [3.05, 3.63) is 333 Å². The summed E-state index contributed by atoms with van der Waals surface area (Å²) in [6.07, 6.45) is 16.2. The molecule has 0 atom stereocenters. The molecule has 8 aromatic carbocycles. The normalized spacial score (nSPS) is 11.6. The van der Waals surface area contributed by atoms with Crippen LogP contribution in [0.2, 0.25) is 0 Å². The van der Waals surface area contributed by atoms with Crippen molar-refractivity contribution in [3.8, 4) is 90.5 Å². The Morgan fingerprint density at radius 1 is 0.288 bits per heavy atom. The minimum atomic E-state index is -0.826. The van der Waals surface area contributed by atoms with Crippen LogP contribution in [0.4, 0.5) is 22.7 Å². The van der Waals surface area contributed by atoms with E-state index in [1.165, 1.54) is 24.3 Å². The number of H-pyrrole nitrogens is 4. The Hall–Kier alpha value is -14.1. The van der Waals surface area contributed by atoms with Gasteiger partial charge in [-0.25, -0.2) is 19.9 Å². The number of nitrogens with two attached hydrogens (primary N) is 2. The van der Waals surface area contributed by atoms with Gasteiger partial charge in [-0.1, -0.05) is 48.5 Å². The van der Waals surface area contributed by atoms with Gasteiger partial charge in [0.1, 0.15) is 46.0 Å². The zero-order valence-electron chi connectivity index (χ0n) is 58.4. The number of anilines is 2. The summed E-state index contributed by atoms with van der Waals surface area (Å²) in [5.41, 5.74) is 34.4. The van der Waals surface area contributed by atoms with E-state index < -0.39 is 28.7 Å². The van der Waals surface area contributed by atoms with Crippen LogP contribution in [0.1, 0.15) is 45.6 Å². The van der Waals surface area contributed by atoms with Crippen LogP contribution in [0.5, 0.6) is 46.0 Å². The standard InChI is InChI=1S/C44H28N6O6.C44H32N6O2.2ClH.Sn/c51-49(52)33-9-17-37(18-10-33)55-35-13-1-27(2-14-35)43-39-21-5-29(45-39)25-31-7-23-41(47-31)44(42-24-8-32(48-42)26-30-6-22-40(43)46-30)28-3-15-36(16-4-28)56-38-19-11-34(12-20-38)50(53)54;45-29-5-17-37(18-6-29)51-35-13-1-27(2-14-35)43-39-21-9-31(47-39)25-33-11-23-41(49-33)44(42-24-12-34(50-42)26-32-10-22-40(43)48-32)28-3-15-36(16-4-28)52-38-19-7-30(46)8-20-38;;;/h1-26,45,48H;1-26,47,50H,45-46H2;2*1H;/q;;;;+2/p-2. The van der Waals surface area contributed by atoms with Gasteiger partial charge in [-0.3, -0.25) is 20.2 Å². The van der Waals surface area contributed by atoms with E-state index in [0.717, 1.165) is 157 Å². The first-order valence-electron chi connectivity index (χ1n) is 34.7. The van der Waals surface area contributed by atoms with Gasteiger partial charge in [0, 0.05) is 102 Å². The van der Waals surface area contributed by atoms with E-state index in [2.05, 4.69) is 92.8 Å². The molecule has 10 heterocycles. The zero-order chi connectivity index (χ0) is 75.9. The Morgan fingerprint density at radius 2 is 0.486 bits per heavy atom. The number of rotatable bonds is 14. The van der Waals surface area contributed by atoms with Crippen molar-refractivity contribution < 1.29 is 28.8 Å². The minimum absolute atomic E-state index is 0.00215. The average Bonchev–Trinajstić information content (AvgIpc) is 1.66. The molecule has 0 saturated carbocycles. The van der Waals surface area contributed by atoms with Crippen molar-refractivity contribution in [2.75, 3.05) is 11.5 Å². The quantitative estimate of drug-likeness (QED) is 0.0255. The van der Waals surface area contributed by atoms with Crippen LogP contribution in [0, 0.1) is 20.2 Å². The summed E-state index contributed by atoms with van der Waals surface area (Å²) in [5.74, 6) is 5.07. The molecule has 0 amide bonds. The van der Waals surface area contributed by atoms with Gasteiger partial charge in [0.25, 0.3) is 11.4 Å². The number of fused-ring (bicyclic) bond motifs is 16. The molecule has 18 rings (SSSR count). The molecule has 0 aliphatic carbocycles. The Bertz CT molecular complexity index is 6000. The number of benzene rings is 8. The Balaban J connectivity index is 0.000000163. The van der Waals surface area contributed by atoms with Gasteiger partial charge in [0.05, 0.1) is 55.4 Å². The van der Waals surface area contributed by atoms with Gasteiger partial charge in [-0.2, -0.15) is 0 Å². The van der Waals surface area contributed by atoms with Crippen molar-refractivity contribution in [1.29, 1.82) is 0 Å². The number of ether oxygens (including phenoxy) is 4. The first-order chi connectivity index (χ1) is 54.2. The number of nitrogens with one attached hydrogen (secondary N) is 4. The molecule has 0 unspecified atom stereocenters. The molecule has 8 N–H and O–H groups in total. The van der Waals surface area contributed by atoms with Crippen molar-refractivity contribution in [1.82, 2.24) is 39.9 Å². The maximum absolute atomic E-state index is 11.0. The molecule has 4 aliphatic heterocycles. The Labute approximate surface area is 651 Å². The summed E-state index contributed by atoms with van der Waals surface area (Å²) in [5, 5.41) is 22.1. The Morgan fingerprint density at radius 3 is 0.694 bits per heavy atom.